The minimum absolute atomic E-state index is 0.350. The fourth-order valence-corrected chi connectivity index (χ4v) is 3.55. The Balaban J connectivity index is 2.31. The van der Waals surface area contributed by atoms with Crippen molar-refractivity contribution in [3.63, 3.8) is 0 Å². The zero-order valence-electron chi connectivity index (χ0n) is 10.9. The Bertz CT molecular complexity index is 610. The number of hydrogen-bond donors (Lipinski definition) is 1. The first-order valence-electron chi connectivity index (χ1n) is 5.87. The molecule has 1 unspecified atom stereocenters. The molecule has 0 aliphatic rings. The lowest BCUT2D eigenvalue weighted by atomic mass is 10.2. The number of esters is 1. The van der Waals surface area contributed by atoms with Gasteiger partial charge in [0.1, 0.15) is 4.34 Å². The van der Waals surface area contributed by atoms with Gasteiger partial charge in [-0.2, -0.15) is 0 Å². The molecule has 0 aliphatic carbocycles. The molecule has 1 atom stereocenters. The van der Waals surface area contributed by atoms with E-state index in [1.54, 1.807) is 0 Å². The number of nitrogens with one attached hydrogen (secondary N) is 1. The summed E-state index contributed by atoms with van der Waals surface area (Å²) in [6.45, 7) is 2.00. The number of rotatable bonds is 4. The summed E-state index contributed by atoms with van der Waals surface area (Å²) in [6.07, 6.45) is 0. The monoisotopic (exact) mass is 373 g/mol. The molecule has 0 fully saturated rings. The quantitative estimate of drug-likeness (QED) is 0.781. The average Bonchev–Trinajstić information content (AvgIpc) is 2.75. The molecule has 6 heteroatoms. The molecule has 1 heterocycles. The van der Waals surface area contributed by atoms with Crippen LogP contribution in [0.4, 0.5) is 5.69 Å². The van der Waals surface area contributed by atoms with E-state index < -0.39 is 6.04 Å². The molecule has 0 radical (unpaired) electrons. The van der Waals surface area contributed by atoms with E-state index in [9.17, 15) is 4.79 Å². The van der Waals surface area contributed by atoms with E-state index in [1.165, 1.54) is 18.4 Å². The van der Waals surface area contributed by atoms with Gasteiger partial charge in [-0.25, -0.2) is 4.79 Å². The highest BCUT2D eigenvalue weighted by molar-refractivity contribution is 9.10. The third-order valence-electron chi connectivity index (χ3n) is 2.71. The smallest absolute Gasteiger partial charge is 0.333 e. The van der Waals surface area contributed by atoms with Crippen molar-refractivity contribution in [1.82, 2.24) is 0 Å². The third-order valence-corrected chi connectivity index (χ3v) is 5.25. The van der Waals surface area contributed by atoms with Gasteiger partial charge in [0.25, 0.3) is 0 Å². The van der Waals surface area contributed by atoms with Crippen LogP contribution in [-0.2, 0) is 9.53 Å². The molecule has 0 amide bonds. The van der Waals surface area contributed by atoms with Gasteiger partial charge < -0.3 is 10.1 Å². The van der Waals surface area contributed by atoms with Crippen molar-refractivity contribution in [2.45, 2.75) is 13.0 Å². The van der Waals surface area contributed by atoms with E-state index in [4.69, 9.17) is 16.3 Å². The number of methoxy groups -OCH3 is 1. The fraction of sp³-hybridized carbons (Fsp3) is 0.214. The van der Waals surface area contributed by atoms with Gasteiger partial charge in [-0.1, -0.05) is 23.7 Å². The number of thiophene rings is 1. The minimum atomic E-state index is -0.574. The van der Waals surface area contributed by atoms with E-state index in [-0.39, 0.29) is 5.97 Å². The van der Waals surface area contributed by atoms with Crippen molar-refractivity contribution in [1.29, 1.82) is 0 Å². The lowest BCUT2D eigenvalue weighted by Gasteiger charge is -2.16. The van der Waals surface area contributed by atoms with Crippen molar-refractivity contribution in [3.05, 3.63) is 49.6 Å². The largest absolute Gasteiger partial charge is 0.467 e. The molecule has 106 valence electrons. The molecule has 0 saturated heterocycles. The van der Waals surface area contributed by atoms with E-state index in [2.05, 4.69) is 21.2 Å². The summed E-state index contributed by atoms with van der Waals surface area (Å²) in [4.78, 5) is 12.8. The number of halogens is 2. The van der Waals surface area contributed by atoms with E-state index in [1.807, 2.05) is 37.3 Å². The van der Waals surface area contributed by atoms with Crippen LogP contribution in [0, 0.1) is 6.92 Å². The Kier molecular flexibility index (Phi) is 5.07. The second kappa shape index (κ2) is 6.61. The molecular formula is C14H13BrClNO2S. The van der Waals surface area contributed by atoms with Gasteiger partial charge >= 0.3 is 5.97 Å². The van der Waals surface area contributed by atoms with Gasteiger partial charge in [-0.05, 0) is 46.6 Å². The van der Waals surface area contributed by atoms with Crippen molar-refractivity contribution in [2.75, 3.05) is 12.4 Å². The second-order valence-electron chi connectivity index (χ2n) is 4.24. The Morgan fingerprint density at radius 2 is 2.20 bits per heavy atom. The average molecular weight is 375 g/mol. The fourth-order valence-electron chi connectivity index (χ4n) is 1.77. The van der Waals surface area contributed by atoms with Crippen LogP contribution in [0.5, 0.6) is 0 Å². The van der Waals surface area contributed by atoms with Crippen LogP contribution >= 0.6 is 38.9 Å². The number of benzene rings is 1. The number of ether oxygens (including phenoxy) is 1. The zero-order valence-corrected chi connectivity index (χ0v) is 14.1. The summed E-state index contributed by atoms with van der Waals surface area (Å²) >= 11 is 10.7. The molecule has 0 spiro atoms. The highest BCUT2D eigenvalue weighted by Crippen LogP contribution is 2.36. The van der Waals surface area contributed by atoms with Crippen LogP contribution in [0.1, 0.15) is 16.5 Å². The maximum absolute atomic E-state index is 12.0. The molecule has 1 aromatic carbocycles. The zero-order chi connectivity index (χ0) is 14.7. The topological polar surface area (TPSA) is 38.3 Å². The number of carbonyl (C=O) groups is 1. The van der Waals surface area contributed by atoms with Gasteiger partial charge in [0.05, 0.1) is 7.11 Å². The van der Waals surface area contributed by atoms with Crippen LogP contribution in [0.3, 0.4) is 0 Å². The molecule has 0 aliphatic heterocycles. The van der Waals surface area contributed by atoms with Gasteiger partial charge in [0.15, 0.2) is 6.04 Å². The van der Waals surface area contributed by atoms with Gasteiger partial charge in [-0.3, -0.25) is 0 Å². The standard InChI is InChI=1S/C14H13BrClNO2S/c1-8-4-3-5-9(6-8)17-12(14(18)19-2)11-7-10(15)13(16)20-11/h3-7,12,17H,1-2H3. The number of anilines is 1. The number of hydrogen-bond acceptors (Lipinski definition) is 4. The summed E-state index contributed by atoms with van der Waals surface area (Å²) in [5.41, 5.74) is 1.98. The van der Waals surface area contributed by atoms with Crippen LogP contribution in [0.15, 0.2) is 34.8 Å². The SMILES string of the molecule is COC(=O)C(Nc1cccc(C)c1)c1cc(Br)c(Cl)s1. The predicted octanol–water partition coefficient (Wildman–Crippen LogP) is 4.80. The summed E-state index contributed by atoms with van der Waals surface area (Å²) in [5.74, 6) is -0.350. The van der Waals surface area contributed by atoms with Crippen molar-refractivity contribution in [2.24, 2.45) is 0 Å². The molecule has 0 bridgehead atoms. The first kappa shape index (κ1) is 15.4. The van der Waals surface area contributed by atoms with Crippen LogP contribution in [0.2, 0.25) is 4.34 Å². The Hall–Kier alpha value is -1.04. The number of carbonyl (C=O) groups excluding carboxylic acids is 1. The Morgan fingerprint density at radius 3 is 2.75 bits per heavy atom. The summed E-state index contributed by atoms with van der Waals surface area (Å²) in [6, 6.07) is 9.07. The normalized spacial score (nSPS) is 12.0. The highest BCUT2D eigenvalue weighted by Gasteiger charge is 2.24. The lowest BCUT2D eigenvalue weighted by molar-refractivity contribution is -0.141. The molecular weight excluding hydrogens is 362 g/mol. The minimum Gasteiger partial charge on any atom is -0.467 e. The Labute approximate surface area is 135 Å². The maximum Gasteiger partial charge on any atom is 0.333 e. The predicted molar refractivity (Wildman–Crippen MR) is 86.6 cm³/mol. The van der Waals surface area contributed by atoms with E-state index in [0.29, 0.717) is 4.34 Å². The maximum atomic E-state index is 12.0. The molecule has 0 saturated carbocycles. The third kappa shape index (κ3) is 3.53. The van der Waals surface area contributed by atoms with Crippen LogP contribution < -0.4 is 5.32 Å². The van der Waals surface area contributed by atoms with Gasteiger partial charge in [0.2, 0.25) is 0 Å². The molecule has 1 aromatic heterocycles. The summed E-state index contributed by atoms with van der Waals surface area (Å²) in [7, 11) is 1.37. The second-order valence-corrected chi connectivity index (χ2v) is 6.78. The molecule has 3 nitrogen and oxygen atoms in total. The number of aryl methyl sites for hydroxylation is 1. The summed E-state index contributed by atoms with van der Waals surface area (Å²) in [5, 5.41) is 3.18. The summed E-state index contributed by atoms with van der Waals surface area (Å²) < 4.78 is 6.25. The first-order valence-corrected chi connectivity index (χ1v) is 7.85. The van der Waals surface area contributed by atoms with Gasteiger partial charge in [-0.15, -0.1) is 11.3 Å². The van der Waals surface area contributed by atoms with E-state index in [0.717, 1.165) is 20.6 Å². The van der Waals surface area contributed by atoms with Crippen molar-refractivity contribution < 1.29 is 9.53 Å². The molecule has 20 heavy (non-hydrogen) atoms. The molecule has 2 rings (SSSR count). The van der Waals surface area contributed by atoms with E-state index >= 15 is 0 Å². The lowest BCUT2D eigenvalue weighted by Crippen LogP contribution is -2.21. The van der Waals surface area contributed by atoms with Crippen molar-refractivity contribution >= 4 is 50.5 Å². The van der Waals surface area contributed by atoms with Crippen LogP contribution in [-0.4, -0.2) is 13.1 Å². The highest BCUT2D eigenvalue weighted by atomic mass is 79.9. The molecule has 2 aromatic rings. The van der Waals surface area contributed by atoms with Crippen molar-refractivity contribution in [3.8, 4) is 0 Å². The Morgan fingerprint density at radius 1 is 1.45 bits per heavy atom. The van der Waals surface area contributed by atoms with Crippen LogP contribution in [0.25, 0.3) is 0 Å². The van der Waals surface area contributed by atoms with Gasteiger partial charge in [0, 0.05) is 15.0 Å². The first-order chi connectivity index (χ1) is 9.51. The molecule has 1 N–H and O–H groups in total.